The molecule has 0 aromatic carbocycles. The fourth-order valence-corrected chi connectivity index (χ4v) is 8.76. The van der Waals surface area contributed by atoms with Gasteiger partial charge in [0.1, 0.15) is 0 Å². The number of likely N-dealkylation sites (tertiary alicyclic amines) is 1. The fourth-order valence-electron chi connectivity index (χ4n) is 6.54. The predicted octanol–water partition coefficient (Wildman–Crippen LogP) is 4.58. The van der Waals surface area contributed by atoms with Crippen molar-refractivity contribution in [2.24, 2.45) is 17.3 Å². The van der Waals surface area contributed by atoms with Crippen molar-refractivity contribution in [3.05, 3.63) is 16.6 Å². The summed E-state index contributed by atoms with van der Waals surface area (Å²) in [5, 5.41) is 3.28. The number of carbonyl (C=O) groups excluding carboxylic acids is 1. The standard InChI is InChI=1S/C19H25BrN2OS/c20-19-9-13-6-14(10-19)8-18(7-13,12-19)17(23)22-4-1-2-15(11-22)16-21-3-5-24-16/h3,5,13-15H,1-2,4,6-12H2. The van der Waals surface area contributed by atoms with E-state index in [1.165, 1.54) is 30.7 Å². The summed E-state index contributed by atoms with van der Waals surface area (Å²) in [6.45, 7) is 1.84. The third kappa shape index (κ3) is 2.49. The molecule has 5 heteroatoms. The quantitative estimate of drug-likeness (QED) is 0.670. The molecule has 5 fully saturated rings. The second kappa shape index (κ2) is 5.54. The van der Waals surface area contributed by atoms with Crippen LogP contribution in [0.15, 0.2) is 11.6 Å². The molecule has 1 saturated heterocycles. The van der Waals surface area contributed by atoms with E-state index >= 15 is 0 Å². The lowest BCUT2D eigenvalue weighted by Gasteiger charge is -2.60. The lowest BCUT2D eigenvalue weighted by atomic mass is 9.49. The van der Waals surface area contributed by atoms with Crippen LogP contribution in [0.3, 0.4) is 0 Å². The Kier molecular flexibility index (Phi) is 3.65. The molecule has 0 spiro atoms. The number of hydrogen-bond acceptors (Lipinski definition) is 3. The van der Waals surface area contributed by atoms with E-state index in [-0.39, 0.29) is 9.74 Å². The average molecular weight is 409 g/mol. The van der Waals surface area contributed by atoms with Gasteiger partial charge in [-0.15, -0.1) is 11.3 Å². The van der Waals surface area contributed by atoms with Crippen LogP contribution in [0, 0.1) is 17.3 Å². The largest absolute Gasteiger partial charge is 0.342 e. The molecule has 24 heavy (non-hydrogen) atoms. The van der Waals surface area contributed by atoms with Crippen LogP contribution in [-0.2, 0) is 4.79 Å². The molecule has 4 bridgehead atoms. The Labute approximate surface area is 156 Å². The zero-order valence-electron chi connectivity index (χ0n) is 14.0. The van der Waals surface area contributed by atoms with Gasteiger partial charge >= 0.3 is 0 Å². The van der Waals surface area contributed by atoms with Gasteiger partial charge in [-0.05, 0) is 63.2 Å². The van der Waals surface area contributed by atoms with E-state index in [4.69, 9.17) is 0 Å². The highest BCUT2D eigenvalue weighted by molar-refractivity contribution is 9.10. The molecule has 1 amide bonds. The number of aromatic nitrogens is 1. The molecule has 130 valence electrons. The summed E-state index contributed by atoms with van der Waals surface area (Å²) in [5.41, 5.74) is -0.0572. The Bertz CT molecular complexity index is 632. The Morgan fingerprint density at radius 1 is 1.29 bits per heavy atom. The van der Waals surface area contributed by atoms with Crippen LogP contribution in [0.1, 0.15) is 62.3 Å². The number of carbonyl (C=O) groups is 1. The SMILES string of the molecule is O=C(N1CCCC(c2nccs2)C1)C12CC3CC(CC(Br)(C3)C1)C2. The van der Waals surface area contributed by atoms with Crippen molar-refractivity contribution in [3.8, 4) is 0 Å². The first-order valence-electron chi connectivity index (χ1n) is 9.43. The van der Waals surface area contributed by atoms with Crippen molar-refractivity contribution in [1.82, 2.24) is 9.88 Å². The summed E-state index contributed by atoms with van der Waals surface area (Å²) in [6.07, 6.45) is 11.5. The summed E-state index contributed by atoms with van der Waals surface area (Å²) < 4.78 is 0.261. The molecule has 2 heterocycles. The summed E-state index contributed by atoms with van der Waals surface area (Å²) >= 11 is 5.79. The number of alkyl halides is 1. The third-order valence-electron chi connectivity index (χ3n) is 6.95. The smallest absolute Gasteiger partial charge is 0.228 e. The van der Waals surface area contributed by atoms with Crippen molar-refractivity contribution in [2.75, 3.05) is 13.1 Å². The van der Waals surface area contributed by atoms with Gasteiger partial charge in [-0.3, -0.25) is 4.79 Å². The number of nitrogens with zero attached hydrogens (tertiary/aromatic N) is 2. The van der Waals surface area contributed by atoms with Crippen molar-refractivity contribution in [2.45, 2.75) is 61.6 Å². The second-order valence-corrected chi connectivity index (χ2v) is 11.5. The molecular weight excluding hydrogens is 384 g/mol. The van der Waals surface area contributed by atoms with Crippen LogP contribution in [0.25, 0.3) is 0 Å². The van der Waals surface area contributed by atoms with Crippen LogP contribution in [0.5, 0.6) is 0 Å². The lowest BCUT2D eigenvalue weighted by Crippen LogP contribution is -2.59. The van der Waals surface area contributed by atoms with E-state index in [2.05, 4.69) is 31.2 Å². The summed E-state index contributed by atoms with van der Waals surface area (Å²) in [7, 11) is 0. The summed E-state index contributed by atoms with van der Waals surface area (Å²) in [5.74, 6) is 2.47. The van der Waals surface area contributed by atoms with Gasteiger partial charge in [-0.2, -0.15) is 0 Å². The maximum absolute atomic E-state index is 13.6. The lowest BCUT2D eigenvalue weighted by molar-refractivity contribution is -0.156. The average Bonchev–Trinajstić information content (AvgIpc) is 3.06. The van der Waals surface area contributed by atoms with E-state index in [0.29, 0.717) is 11.8 Å². The van der Waals surface area contributed by atoms with Crippen LogP contribution in [-0.4, -0.2) is 33.2 Å². The zero-order chi connectivity index (χ0) is 16.4. The molecule has 3 nitrogen and oxygen atoms in total. The Morgan fingerprint density at radius 3 is 2.75 bits per heavy atom. The minimum Gasteiger partial charge on any atom is -0.342 e. The van der Waals surface area contributed by atoms with E-state index in [1.807, 2.05) is 6.20 Å². The number of rotatable bonds is 2. The van der Waals surface area contributed by atoms with Gasteiger partial charge in [0.05, 0.1) is 10.4 Å². The topological polar surface area (TPSA) is 33.2 Å². The first-order valence-corrected chi connectivity index (χ1v) is 11.1. The molecule has 4 saturated carbocycles. The van der Waals surface area contributed by atoms with Gasteiger partial charge in [0.2, 0.25) is 5.91 Å². The Hall–Kier alpha value is -0.420. The molecule has 1 aliphatic heterocycles. The summed E-state index contributed by atoms with van der Waals surface area (Å²) in [6, 6.07) is 0. The number of hydrogen-bond donors (Lipinski definition) is 0. The van der Waals surface area contributed by atoms with Crippen molar-refractivity contribution < 1.29 is 4.79 Å². The Balaban J connectivity index is 1.38. The predicted molar refractivity (Wildman–Crippen MR) is 99.4 cm³/mol. The van der Waals surface area contributed by atoms with Gasteiger partial charge < -0.3 is 4.90 Å². The number of thiazole rings is 1. The van der Waals surface area contributed by atoms with E-state index in [0.717, 1.165) is 50.6 Å². The number of piperidine rings is 1. The molecule has 5 aliphatic rings. The van der Waals surface area contributed by atoms with E-state index in [1.54, 1.807) is 11.3 Å². The van der Waals surface area contributed by atoms with Gasteiger partial charge in [-0.25, -0.2) is 4.98 Å². The molecule has 3 atom stereocenters. The van der Waals surface area contributed by atoms with E-state index in [9.17, 15) is 4.79 Å². The highest BCUT2D eigenvalue weighted by atomic mass is 79.9. The molecule has 0 radical (unpaired) electrons. The molecular formula is C19H25BrN2OS. The third-order valence-corrected chi connectivity index (χ3v) is 8.82. The number of halogens is 1. The van der Waals surface area contributed by atoms with Crippen LogP contribution in [0.4, 0.5) is 0 Å². The first-order chi connectivity index (χ1) is 11.6. The maximum atomic E-state index is 13.6. The first kappa shape index (κ1) is 15.8. The molecule has 4 aliphatic carbocycles. The van der Waals surface area contributed by atoms with Crippen LogP contribution in [0.2, 0.25) is 0 Å². The Morgan fingerprint density at radius 2 is 2.08 bits per heavy atom. The van der Waals surface area contributed by atoms with Crippen molar-refractivity contribution in [3.63, 3.8) is 0 Å². The highest BCUT2D eigenvalue weighted by Crippen LogP contribution is 2.65. The minimum atomic E-state index is -0.0572. The normalized spacial score (nSPS) is 44.0. The van der Waals surface area contributed by atoms with Crippen LogP contribution < -0.4 is 0 Å². The fraction of sp³-hybridized carbons (Fsp3) is 0.789. The molecule has 1 aromatic heterocycles. The molecule has 1 aromatic rings. The zero-order valence-corrected chi connectivity index (χ0v) is 16.4. The minimum absolute atomic E-state index is 0.0572. The van der Waals surface area contributed by atoms with E-state index < -0.39 is 0 Å². The monoisotopic (exact) mass is 408 g/mol. The van der Waals surface area contributed by atoms with Gasteiger partial charge in [0, 0.05) is 34.9 Å². The van der Waals surface area contributed by atoms with Crippen molar-refractivity contribution in [1.29, 1.82) is 0 Å². The highest BCUT2D eigenvalue weighted by Gasteiger charge is 2.60. The van der Waals surface area contributed by atoms with Gasteiger partial charge in [0.15, 0.2) is 0 Å². The van der Waals surface area contributed by atoms with Crippen molar-refractivity contribution >= 4 is 33.2 Å². The molecule has 0 N–H and O–H groups in total. The van der Waals surface area contributed by atoms with Gasteiger partial charge in [0.25, 0.3) is 0 Å². The summed E-state index contributed by atoms with van der Waals surface area (Å²) in [4.78, 5) is 20.3. The van der Waals surface area contributed by atoms with Crippen LogP contribution >= 0.6 is 27.3 Å². The second-order valence-electron chi connectivity index (χ2n) is 8.85. The molecule has 6 rings (SSSR count). The van der Waals surface area contributed by atoms with Gasteiger partial charge in [-0.1, -0.05) is 15.9 Å². The number of amides is 1. The maximum Gasteiger partial charge on any atom is 0.228 e. The molecule has 3 unspecified atom stereocenters.